The zero-order valence-corrected chi connectivity index (χ0v) is 13.9. The minimum absolute atomic E-state index is 0.210. The van der Waals surface area contributed by atoms with Gasteiger partial charge in [0.1, 0.15) is 18.5 Å². The fraction of sp³-hybridized carbons (Fsp3) is 0.500. The predicted octanol–water partition coefficient (Wildman–Crippen LogP) is 0.659. The average Bonchev–Trinajstić information content (AvgIpc) is 3.06. The molecule has 8 nitrogen and oxygen atoms in total. The number of aromatic nitrogens is 4. The van der Waals surface area contributed by atoms with Crippen LogP contribution >= 0.6 is 0 Å². The quantitative estimate of drug-likeness (QED) is 0.792. The molecule has 0 unspecified atom stereocenters. The lowest BCUT2D eigenvalue weighted by Crippen LogP contribution is -2.38. The van der Waals surface area contributed by atoms with E-state index >= 15 is 0 Å². The van der Waals surface area contributed by atoms with Gasteiger partial charge in [-0.3, -0.25) is 0 Å². The van der Waals surface area contributed by atoms with E-state index in [1.165, 1.54) is 6.33 Å². The third-order valence-electron chi connectivity index (χ3n) is 4.21. The van der Waals surface area contributed by atoms with Crippen molar-refractivity contribution in [2.45, 2.75) is 25.1 Å². The van der Waals surface area contributed by atoms with Crippen molar-refractivity contribution in [2.24, 2.45) is 0 Å². The summed E-state index contributed by atoms with van der Waals surface area (Å²) in [7, 11) is 3.37. The minimum Gasteiger partial charge on any atom is -0.481 e. The molecule has 0 aliphatic carbocycles. The maximum absolute atomic E-state index is 5.54. The summed E-state index contributed by atoms with van der Waals surface area (Å²) >= 11 is 0. The van der Waals surface area contributed by atoms with Gasteiger partial charge in [0, 0.05) is 50.7 Å². The first kappa shape index (κ1) is 16.5. The first-order chi connectivity index (χ1) is 11.8. The van der Waals surface area contributed by atoms with Crippen LogP contribution in [0, 0.1) is 0 Å². The lowest BCUT2D eigenvalue weighted by atomic mass is 10.2. The van der Waals surface area contributed by atoms with Crippen LogP contribution in [-0.4, -0.2) is 59.4 Å². The highest BCUT2D eigenvalue weighted by Crippen LogP contribution is 2.24. The number of ether oxygens (including phenoxy) is 2. The summed E-state index contributed by atoms with van der Waals surface area (Å²) in [6, 6.07) is 2.24. The number of methoxy groups -OCH3 is 2. The van der Waals surface area contributed by atoms with Crippen molar-refractivity contribution >= 4 is 5.82 Å². The number of anilines is 1. The summed E-state index contributed by atoms with van der Waals surface area (Å²) in [6.45, 7) is 2.29. The van der Waals surface area contributed by atoms with Crippen molar-refractivity contribution in [1.29, 1.82) is 0 Å². The largest absolute Gasteiger partial charge is 0.481 e. The summed E-state index contributed by atoms with van der Waals surface area (Å²) in [5.74, 6) is 1.53. The Balaban J connectivity index is 1.62. The van der Waals surface area contributed by atoms with Crippen LogP contribution in [0.25, 0.3) is 0 Å². The molecule has 24 heavy (non-hydrogen) atoms. The van der Waals surface area contributed by atoms with E-state index in [-0.39, 0.29) is 6.10 Å². The number of rotatable bonds is 7. The van der Waals surface area contributed by atoms with Gasteiger partial charge in [-0.1, -0.05) is 0 Å². The smallest absolute Gasteiger partial charge is 0.220 e. The molecule has 2 atom stereocenters. The molecule has 2 aromatic rings. The van der Waals surface area contributed by atoms with Gasteiger partial charge in [0.2, 0.25) is 5.88 Å². The Morgan fingerprint density at radius 1 is 1.25 bits per heavy atom. The Labute approximate surface area is 141 Å². The van der Waals surface area contributed by atoms with E-state index in [4.69, 9.17) is 9.47 Å². The molecule has 0 saturated carbocycles. The number of nitrogens with zero attached hydrogens (tertiary/aromatic N) is 5. The summed E-state index contributed by atoms with van der Waals surface area (Å²) in [5.41, 5.74) is 0.940. The molecule has 3 heterocycles. The van der Waals surface area contributed by atoms with Crippen molar-refractivity contribution < 1.29 is 9.47 Å². The standard InChI is InChI=1S/C16H22N6O2/c1-23-14-5-13(22(9-14)15-3-4-17-10-20-15)8-18-6-12-7-19-11-21-16(12)24-2/h3-4,7,10-11,13-14,18H,5-6,8-9H2,1-2H3/t13-,14-/m1/s1. The summed E-state index contributed by atoms with van der Waals surface area (Å²) < 4.78 is 10.8. The van der Waals surface area contributed by atoms with Gasteiger partial charge in [0.05, 0.1) is 13.2 Å². The third kappa shape index (κ3) is 3.77. The summed E-state index contributed by atoms with van der Waals surface area (Å²) in [6.07, 6.45) is 7.76. The van der Waals surface area contributed by atoms with Crippen LogP contribution in [0.2, 0.25) is 0 Å². The van der Waals surface area contributed by atoms with Gasteiger partial charge < -0.3 is 19.7 Å². The minimum atomic E-state index is 0.210. The van der Waals surface area contributed by atoms with Crippen molar-refractivity contribution in [1.82, 2.24) is 25.3 Å². The topological polar surface area (TPSA) is 85.3 Å². The average molecular weight is 330 g/mol. The second kappa shape index (κ2) is 7.98. The molecule has 2 aromatic heterocycles. The number of hydrogen-bond donors (Lipinski definition) is 1. The van der Waals surface area contributed by atoms with Crippen LogP contribution in [-0.2, 0) is 11.3 Å². The highest BCUT2D eigenvalue weighted by Gasteiger charge is 2.32. The predicted molar refractivity (Wildman–Crippen MR) is 88.9 cm³/mol. The molecular weight excluding hydrogens is 308 g/mol. The number of hydrogen-bond acceptors (Lipinski definition) is 8. The van der Waals surface area contributed by atoms with Crippen LogP contribution in [0.1, 0.15) is 12.0 Å². The maximum Gasteiger partial charge on any atom is 0.220 e. The van der Waals surface area contributed by atoms with E-state index in [1.54, 1.807) is 32.9 Å². The second-order valence-corrected chi connectivity index (χ2v) is 5.66. The molecule has 3 rings (SSSR count). The Bertz CT molecular complexity index is 641. The zero-order valence-electron chi connectivity index (χ0n) is 13.9. The van der Waals surface area contributed by atoms with E-state index in [1.807, 2.05) is 6.07 Å². The lowest BCUT2D eigenvalue weighted by Gasteiger charge is -2.25. The lowest BCUT2D eigenvalue weighted by molar-refractivity contribution is 0.118. The second-order valence-electron chi connectivity index (χ2n) is 5.66. The van der Waals surface area contributed by atoms with E-state index in [9.17, 15) is 0 Å². The van der Waals surface area contributed by atoms with E-state index < -0.39 is 0 Å². The third-order valence-corrected chi connectivity index (χ3v) is 4.21. The van der Waals surface area contributed by atoms with Crippen LogP contribution in [0.3, 0.4) is 0 Å². The van der Waals surface area contributed by atoms with E-state index in [2.05, 4.69) is 30.2 Å². The van der Waals surface area contributed by atoms with Gasteiger partial charge in [0.15, 0.2) is 0 Å². The number of nitrogens with one attached hydrogen (secondary N) is 1. The molecule has 1 aliphatic rings. The van der Waals surface area contributed by atoms with Crippen LogP contribution in [0.5, 0.6) is 5.88 Å². The Morgan fingerprint density at radius 3 is 2.88 bits per heavy atom. The fourth-order valence-electron chi connectivity index (χ4n) is 3.00. The van der Waals surface area contributed by atoms with Gasteiger partial charge >= 0.3 is 0 Å². The van der Waals surface area contributed by atoms with Gasteiger partial charge in [-0.25, -0.2) is 19.9 Å². The first-order valence-corrected chi connectivity index (χ1v) is 7.91. The Kier molecular flexibility index (Phi) is 5.50. The van der Waals surface area contributed by atoms with Crippen LogP contribution < -0.4 is 15.0 Å². The SMILES string of the molecule is COc1ncncc1CNC[C@H]1C[C@@H](OC)CN1c1ccncn1. The van der Waals surface area contributed by atoms with E-state index in [0.717, 1.165) is 30.9 Å². The molecule has 0 bridgehead atoms. The van der Waals surface area contributed by atoms with Crippen molar-refractivity contribution in [2.75, 3.05) is 32.2 Å². The monoisotopic (exact) mass is 330 g/mol. The molecular formula is C16H22N6O2. The van der Waals surface area contributed by atoms with Crippen LogP contribution in [0.15, 0.2) is 31.1 Å². The maximum atomic E-state index is 5.54. The molecule has 0 radical (unpaired) electrons. The van der Waals surface area contributed by atoms with E-state index in [0.29, 0.717) is 18.5 Å². The molecule has 0 amide bonds. The van der Waals surface area contributed by atoms with Gasteiger partial charge in [-0.2, -0.15) is 0 Å². The molecule has 1 aliphatic heterocycles. The van der Waals surface area contributed by atoms with Crippen LogP contribution in [0.4, 0.5) is 5.82 Å². The molecule has 1 saturated heterocycles. The molecule has 0 spiro atoms. The zero-order chi connectivity index (χ0) is 16.8. The van der Waals surface area contributed by atoms with Gasteiger partial charge in [-0.05, 0) is 12.5 Å². The molecule has 1 fully saturated rings. The Morgan fingerprint density at radius 2 is 2.12 bits per heavy atom. The molecule has 0 aromatic carbocycles. The Hall–Kier alpha value is -2.32. The molecule has 8 heteroatoms. The van der Waals surface area contributed by atoms with Crippen molar-refractivity contribution in [3.8, 4) is 5.88 Å². The molecule has 128 valence electrons. The highest BCUT2D eigenvalue weighted by molar-refractivity contribution is 5.40. The highest BCUT2D eigenvalue weighted by atomic mass is 16.5. The summed E-state index contributed by atoms with van der Waals surface area (Å²) in [4.78, 5) is 18.8. The first-order valence-electron chi connectivity index (χ1n) is 7.91. The normalized spacial score (nSPS) is 20.3. The summed E-state index contributed by atoms with van der Waals surface area (Å²) in [5, 5.41) is 3.46. The van der Waals surface area contributed by atoms with Gasteiger partial charge in [0.25, 0.3) is 0 Å². The van der Waals surface area contributed by atoms with Crippen molar-refractivity contribution in [3.05, 3.63) is 36.7 Å². The fourth-order valence-corrected chi connectivity index (χ4v) is 3.00. The molecule has 1 N–H and O–H groups in total. The van der Waals surface area contributed by atoms with Crippen molar-refractivity contribution in [3.63, 3.8) is 0 Å². The van der Waals surface area contributed by atoms with Gasteiger partial charge in [-0.15, -0.1) is 0 Å².